The number of ether oxygens (including phenoxy) is 1. The van der Waals surface area contributed by atoms with E-state index >= 15 is 0 Å². The highest BCUT2D eigenvalue weighted by molar-refractivity contribution is 5.94. The highest BCUT2D eigenvalue weighted by Crippen LogP contribution is 2.33. The van der Waals surface area contributed by atoms with E-state index in [-0.39, 0.29) is 5.91 Å². The van der Waals surface area contributed by atoms with Gasteiger partial charge < -0.3 is 14.0 Å². The molecule has 3 aromatic rings. The molecule has 1 aliphatic heterocycles. The molecule has 150 valence electrons. The molecule has 1 amide bonds. The summed E-state index contributed by atoms with van der Waals surface area (Å²) < 4.78 is 9.01. The summed E-state index contributed by atoms with van der Waals surface area (Å²) >= 11 is 0. The number of nitrogens with zero attached hydrogens (tertiary/aromatic N) is 5. The Balaban J connectivity index is 1.44. The largest absolute Gasteiger partial charge is 0.461 e. The summed E-state index contributed by atoms with van der Waals surface area (Å²) in [5.41, 5.74) is 3.35. The van der Waals surface area contributed by atoms with Gasteiger partial charge in [0.05, 0.1) is 13.2 Å². The van der Waals surface area contributed by atoms with E-state index in [9.17, 15) is 9.59 Å². The standard InChI is InChI=1S/C21H23N5O3/c1-2-29-21(28)19-15-12-25(10-8-17(15)26(23-19)11-14-6-7-14)20(27)16-13-24-9-4-3-5-18(24)22-16/h3-5,9,13-14H,2,6-8,10-12H2,1H3. The van der Waals surface area contributed by atoms with Crippen molar-refractivity contribution in [3.63, 3.8) is 0 Å². The summed E-state index contributed by atoms with van der Waals surface area (Å²) in [4.78, 5) is 31.8. The summed E-state index contributed by atoms with van der Waals surface area (Å²) in [6.07, 6.45) is 6.71. The molecule has 4 heterocycles. The van der Waals surface area contributed by atoms with E-state index in [1.165, 1.54) is 12.8 Å². The lowest BCUT2D eigenvalue weighted by atomic mass is 10.0. The van der Waals surface area contributed by atoms with Gasteiger partial charge in [0.25, 0.3) is 5.91 Å². The number of carbonyl (C=O) groups excluding carboxylic acids is 2. The van der Waals surface area contributed by atoms with E-state index in [0.717, 1.165) is 23.4 Å². The van der Waals surface area contributed by atoms with Gasteiger partial charge in [-0.15, -0.1) is 0 Å². The number of hydrogen-bond acceptors (Lipinski definition) is 5. The Morgan fingerprint density at radius 1 is 1.28 bits per heavy atom. The van der Waals surface area contributed by atoms with Crippen LogP contribution in [0.5, 0.6) is 0 Å². The van der Waals surface area contributed by atoms with E-state index in [1.807, 2.05) is 33.5 Å². The molecule has 1 saturated carbocycles. The Kier molecular flexibility index (Phi) is 4.34. The summed E-state index contributed by atoms with van der Waals surface area (Å²) in [6, 6.07) is 5.66. The van der Waals surface area contributed by atoms with Crippen molar-refractivity contribution in [3.05, 3.63) is 53.2 Å². The summed E-state index contributed by atoms with van der Waals surface area (Å²) in [7, 11) is 0. The van der Waals surface area contributed by atoms with E-state index in [4.69, 9.17) is 4.74 Å². The first-order chi connectivity index (χ1) is 14.1. The van der Waals surface area contributed by atoms with Crippen LogP contribution in [0.2, 0.25) is 0 Å². The van der Waals surface area contributed by atoms with Crippen molar-refractivity contribution < 1.29 is 14.3 Å². The van der Waals surface area contributed by atoms with Crippen LogP contribution in [0.15, 0.2) is 30.6 Å². The molecule has 0 spiro atoms. The van der Waals surface area contributed by atoms with Gasteiger partial charge in [0.1, 0.15) is 11.3 Å². The molecule has 8 heteroatoms. The third-order valence-electron chi connectivity index (χ3n) is 5.60. The van der Waals surface area contributed by atoms with Crippen molar-refractivity contribution in [3.8, 4) is 0 Å². The molecule has 8 nitrogen and oxygen atoms in total. The fourth-order valence-electron chi connectivity index (χ4n) is 3.92. The Labute approximate surface area is 168 Å². The highest BCUT2D eigenvalue weighted by atomic mass is 16.5. The van der Waals surface area contributed by atoms with Crippen LogP contribution < -0.4 is 0 Å². The monoisotopic (exact) mass is 393 g/mol. The van der Waals surface area contributed by atoms with Gasteiger partial charge in [-0.25, -0.2) is 9.78 Å². The molecular weight excluding hydrogens is 370 g/mol. The number of hydrogen-bond donors (Lipinski definition) is 0. The number of carbonyl (C=O) groups is 2. The second-order valence-electron chi connectivity index (χ2n) is 7.69. The first-order valence-corrected chi connectivity index (χ1v) is 10.1. The Hall–Kier alpha value is -3.16. The number of rotatable bonds is 5. The molecular formula is C21H23N5O3. The van der Waals surface area contributed by atoms with Gasteiger partial charge in [-0.2, -0.15) is 5.10 Å². The predicted molar refractivity (Wildman–Crippen MR) is 105 cm³/mol. The minimum Gasteiger partial charge on any atom is -0.461 e. The summed E-state index contributed by atoms with van der Waals surface area (Å²) in [6.45, 7) is 3.85. The van der Waals surface area contributed by atoms with Gasteiger partial charge >= 0.3 is 5.97 Å². The maximum atomic E-state index is 13.1. The zero-order chi connectivity index (χ0) is 20.0. The zero-order valence-electron chi connectivity index (χ0n) is 16.4. The SMILES string of the molecule is CCOC(=O)c1nn(CC2CC2)c2c1CN(C(=O)c1cn3ccccc3n1)CC2. The second-order valence-corrected chi connectivity index (χ2v) is 7.69. The molecule has 0 radical (unpaired) electrons. The lowest BCUT2D eigenvalue weighted by molar-refractivity contribution is 0.0513. The van der Waals surface area contributed by atoms with E-state index in [1.54, 1.807) is 18.0 Å². The van der Waals surface area contributed by atoms with Crippen LogP contribution in [0.3, 0.4) is 0 Å². The third kappa shape index (κ3) is 3.28. The second kappa shape index (κ2) is 7.02. The van der Waals surface area contributed by atoms with Crippen LogP contribution in [-0.4, -0.2) is 49.1 Å². The maximum Gasteiger partial charge on any atom is 0.359 e. The van der Waals surface area contributed by atoms with Crippen molar-refractivity contribution in [1.29, 1.82) is 0 Å². The molecule has 2 aliphatic rings. The normalized spacial score (nSPS) is 16.1. The minimum absolute atomic E-state index is 0.135. The lowest BCUT2D eigenvalue weighted by Gasteiger charge is -2.27. The number of fused-ring (bicyclic) bond motifs is 2. The first kappa shape index (κ1) is 17.9. The molecule has 3 aromatic heterocycles. The van der Waals surface area contributed by atoms with Crippen LogP contribution in [-0.2, 0) is 24.2 Å². The smallest absolute Gasteiger partial charge is 0.359 e. The predicted octanol–water partition coefficient (Wildman–Crippen LogP) is 2.32. The Morgan fingerprint density at radius 2 is 2.14 bits per heavy atom. The molecule has 0 atom stereocenters. The van der Waals surface area contributed by atoms with Crippen LogP contribution in [0.1, 0.15) is 52.0 Å². The van der Waals surface area contributed by atoms with Gasteiger partial charge in [-0.1, -0.05) is 6.07 Å². The van der Waals surface area contributed by atoms with Crippen LogP contribution in [0.4, 0.5) is 0 Å². The molecule has 29 heavy (non-hydrogen) atoms. The van der Waals surface area contributed by atoms with Crippen molar-refractivity contribution >= 4 is 17.5 Å². The van der Waals surface area contributed by atoms with Crippen LogP contribution in [0, 0.1) is 5.92 Å². The molecule has 0 N–H and O–H groups in total. The Bertz CT molecular complexity index is 1060. The fraction of sp³-hybridized carbons (Fsp3) is 0.429. The number of amides is 1. The quantitative estimate of drug-likeness (QED) is 0.622. The molecule has 5 rings (SSSR count). The zero-order valence-corrected chi connectivity index (χ0v) is 16.4. The van der Waals surface area contributed by atoms with Crippen molar-refractivity contribution in [2.75, 3.05) is 13.2 Å². The van der Waals surface area contributed by atoms with E-state index in [2.05, 4.69) is 10.1 Å². The molecule has 1 fully saturated rings. The van der Waals surface area contributed by atoms with Crippen molar-refractivity contribution in [1.82, 2.24) is 24.1 Å². The molecule has 0 unspecified atom stereocenters. The van der Waals surface area contributed by atoms with Crippen molar-refractivity contribution in [2.24, 2.45) is 5.92 Å². The molecule has 0 bridgehead atoms. The van der Waals surface area contributed by atoms with E-state index < -0.39 is 5.97 Å². The van der Waals surface area contributed by atoms with Crippen LogP contribution in [0.25, 0.3) is 5.65 Å². The maximum absolute atomic E-state index is 13.1. The number of esters is 1. The minimum atomic E-state index is -0.416. The average Bonchev–Trinajstić information content (AvgIpc) is 3.32. The number of pyridine rings is 1. The van der Waals surface area contributed by atoms with Gasteiger partial charge in [0.15, 0.2) is 5.69 Å². The van der Waals surface area contributed by atoms with Gasteiger partial charge in [-0.3, -0.25) is 9.48 Å². The average molecular weight is 393 g/mol. The van der Waals surface area contributed by atoms with Crippen molar-refractivity contribution in [2.45, 2.75) is 39.3 Å². The van der Waals surface area contributed by atoms with Gasteiger partial charge in [0, 0.05) is 43.2 Å². The Morgan fingerprint density at radius 3 is 2.90 bits per heavy atom. The molecule has 0 saturated heterocycles. The topological polar surface area (TPSA) is 81.7 Å². The summed E-state index contributed by atoms with van der Waals surface area (Å²) in [5, 5.41) is 4.58. The number of aromatic nitrogens is 4. The third-order valence-corrected chi connectivity index (χ3v) is 5.60. The lowest BCUT2D eigenvalue weighted by Crippen LogP contribution is -2.37. The first-order valence-electron chi connectivity index (χ1n) is 10.1. The van der Waals surface area contributed by atoms with Crippen LogP contribution >= 0.6 is 0 Å². The van der Waals surface area contributed by atoms with Gasteiger partial charge in [-0.05, 0) is 37.8 Å². The van der Waals surface area contributed by atoms with Gasteiger partial charge in [0.2, 0.25) is 0 Å². The molecule has 1 aliphatic carbocycles. The molecule has 0 aromatic carbocycles. The van der Waals surface area contributed by atoms with E-state index in [0.29, 0.717) is 43.4 Å². The summed E-state index contributed by atoms with van der Waals surface area (Å²) in [5.74, 6) is 0.0936. The highest BCUT2D eigenvalue weighted by Gasteiger charge is 2.33. The fourth-order valence-corrected chi connectivity index (χ4v) is 3.92. The number of imidazole rings is 1.